The van der Waals surface area contributed by atoms with Crippen LogP contribution in [0, 0.1) is 6.92 Å². The second-order valence-corrected chi connectivity index (χ2v) is 8.02. The van der Waals surface area contributed by atoms with Gasteiger partial charge in [-0.05, 0) is 59.7 Å². The summed E-state index contributed by atoms with van der Waals surface area (Å²) in [7, 11) is 0. The zero-order chi connectivity index (χ0) is 22.5. The fraction of sp³-hybridized carbons (Fsp3) is 0.0385. The van der Waals surface area contributed by atoms with Crippen molar-refractivity contribution in [2.24, 2.45) is 5.10 Å². The molecule has 0 spiro atoms. The summed E-state index contributed by atoms with van der Waals surface area (Å²) in [5.41, 5.74) is 4.93. The van der Waals surface area contributed by atoms with Crippen LogP contribution in [0.25, 0.3) is 10.8 Å². The van der Waals surface area contributed by atoms with Crippen LogP contribution >= 0.6 is 15.9 Å². The molecule has 0 radical (unpaired) electrons. The Morgan fingerprint density at radius 2 is 1.62 bits per heavy atom. The van der Waals surface area contributed by atoms with E-state index < -0.39 is 5.97 Å². The lowest BCUT2D eigenvalue weighted by Crippen LogP contribution is -2.17. The Balaban J connectivity index is 1.63. The molecule has 4 aromatic rings. The van der Waals surface area contributed by atoms with Gasteiger partial charge in [0.05, 0.1) is 11.8 Å². The molecule has 4 rings (SSSR count). The molecular formula is C26H19BrN2O3. The van der Waals surface area contributed by atoms with Gasteiger partial charge in [-0.2, -0.15) is 5.10 Å². The molecule has 0 heterocycles. The number of ether oxygens (including phenoxy) is 1. The number of hydrogen-bond acceptors (Lipinski definition) is 4. The Labute approximate surface area is 193 Å². The summed E-state index contributed by atoms with van der Waals surface area (Å²) in [6, 6.07) is 25.5. The van der Waals surface area contributed by atoms with Crippen molar-refractivity contribution in [1.29, 1.82) is 0 Å². The summed E-state index contributed by atoms with van der Waals surface area (Å²) >= 11 is 3.35. The van der Waals surface area contributed by atoms with Crippen molar-refractivity contribution in [3.8, 4) is 5.75 Å². The monoisotopic (exact) mass is 486 g/mol. The maximum absolute atomic E-state index is 12.8. The highest BCUT2D eigenvalue weighted by Crippen LogP contribution is 2.27. The Kier molecular flexibility index (Phi) is 6.42. The average Bonchev–Trinajstić information content (AvgIpc) is 2.80. The van der Waals surface area contributed by atoms with Crippen LogP contribution in [0.3, 0.4) is 0 Å². The third-order valence-electron chi connectivity index (χ3n) is 4.96. The summed E-state index contributed by atoms with van der Waals surface area (Å²) in [5, 5.41) is 5.93. The highest BCUT2D eigenvalue weighted by atomic mass is 79.9. The van der Waals surface area contributed by atoms with Crippen LogP contribution in [0.15, 0.2) is 94.5 Å². The average molecular weight is 487 g/mol. The third kappa shape index (κ3) is 4.76. The van der Waals surface area contributed by atoms with Crippen molar-refractivity contribution in [1.82, 2.24) is 5.43 Å². The van der Waals surface area contributed by atoms with E-state index in [2.05, 4.69) is 26.5 Å². The van der Waals surface area contributed by atoms with Gasteiger partial charge < -0.3 is 4.74 Å². The zero-order valence-electron chi connectivity index (χ0n) is 17.2. The maximum Gasteiger partial charge on any atom is 0.343 e. The normalized spacial score (nSPS) is 10.9. The molecule has 0 aliphatic rings. The Morgan fingerprint density at radius 1 is 0.906 bits per heavy atom. The van der Waals surface area contributed by atoms with Crippen LogP contribution in [0.2, 0.25) is 0 Å². The largest absolute Gasteiger partial charge is 0.422 e. The highest BCUT2D eigenvalue weighted by molar-refractivity contribution is 9.10. The van der Waals surface area contributed by atoms with E-state index in [4.69, 9.17) is 4.74 Å². The molecule has 0 aliphatic carbocycles. The predicted molar refractivity (Wildman–Crippen MR) is 129 cm³/mol. The number of fused-ring (bicyclic) bond motifs is 1. The first kappa shape index (κ1) is 21.5. The van der Waals surface area contributed by atoms with Gasteiger partial charge in [0.2, 0.25) is 0 Å². The van der Waals surface area contributed by atoms with Crippen molar-refractivity contribution >= 4 is 44.8 Å². The first-order chi connectivity index (χ1) is 15.5. The van der Waals surface area contributed by atoms with E-state index in [-0.39, 0.29) is 5.91 Å². The topological polar surface area (TPSA) is 67.8 Å². The van der Waals surface area contributed by atoms with Gasteiger partial charge in [-0.15, -0.1) is 0 Å². The summed E-state index contributed by atoms with van der Waals surface area (Å²) in [6.45, 7) is 1.86. The number of nitrogens with zero attached hydrogens (tertiary/aromatic N) is 1. The molecule has 32 heavy (non-hydrogen) atoms. The van der Waals surface area contributed by atoms with Gasteiger partial charge >= 0.3 is 5.97 Å². The van der Waals surface area contributed by atoms with E-state index in [1.54, 1.807) is 42.5 Å². The molecule has 0 aliphatic heterocycles. The van der Waals surface area contributed by atoms with Gasteiger partial charge in [-0.3, -0.25) is 4.79 Å². The Hall–Kier alpha value is -3.77. The second-order valence-electron chi connectivity index (χ2n) is 7.11. The van der Waals surface area contributed by atoms with Gasteiger partial charge in [0.15, 0.2) is 0 Å². The maximum atomic E-state index is 12.8. The van der Waals surface area contributed by atoms with E-state index in [9.17, 15) is 9.59 Å². The molecular weight excluding hydrogens is 468 g/mol. The Morgan fingerprint density at radius 3 is 2.41 bits per heavy atom. The lowest BCUT2D eigenvalue weighted by Gasteiger charge is -2.11. The smallest absolute Gasteiger partial charge is 0.343 e. The minimum Gasteiger partial charge on any atom is -0.422 e. The van der Waals surface area contributed by atoms with E-state index in [0.29, 0.717) is 22.4 Å². The van der Waals surface area contributed by atoms with Crippen LogP contribution in [-0.4, -0.2) is 18.1 Å². The van der Waals surface area contributed by atoms with Crippen molar-refractivity contribution in [3.63, 3.8) is 0 Å². The van der Waals surface area contributed by atoms with Crippen molar-refractivity contribution in [2.45, 2.75) is 6.92 Å². The van der Waals surface area contributed by atoms with Crippen molar-refractivity contribution in [3.05, 3.63) is 112 Å². The Bertz CT molecular complexity index is 1330. The molecule has 0 fully saturated rings. The molecule has 0 unspecified atom stereocenters. The molecule has 5 nitrogen and oxygen atoms in total. The van der Waals surface area contributed by atoms with E-state index in [1.165, 1.54) is 6.21 Å². The van der Waals surface area contributed by atoms with Crippen LogP contribution < -0.4 is 10.2 Å². The minimum atomic E-state index is -0.452. The molecule has 4 aromatic carbocycles. The zero-order valence-corrected chi connectivity index (χ0v) is 18.8. The number of hydrazone groups is 1. The van der Waals surface area contributed by atoms with Gasteiger partial charge in [0.25, 0.3) is 5.91 Å². The number of amides is 1. The van der Waals surface area contributed by atoms with Crippen molar-refractivity contribution in [2.75, 3.05) is 0 Å². The number of aryl methyl sites for hydroxylation is 1. The fourth-order valence-corrected chi connectivity index (χ4v) is 3.54. The van der Waals surface area contributed by atoms with Crippen LogP contribution in [0.1, 0.15) is 31.8 Å². The second kappa shape index (κ2) is 9.58. The van der Waals surface area contributed by atoms with E-state index in [1.807, 2.05) is 49.4 Å². The lowest BCUT2D eigenvalue weighted by atomic mass is 10.0. The molecule has 0 saturated heterocycles. The first-order valence-electron chi connectivity index (χ1n) is 9.91. The quantitative estimate of drug-likeness (QED) is 0.165. The number of benzene rings is 4. The number of halogens is 1. The molecule has 158 valence electrons. The highest BCUT2D eigenvalue weighted by Gasteiger charge is 2.15. The van der Waals surface area contributed by atoms with E-state index in [0.717, 1.165) is 20.8 Å². The molecule has 1 N–H and O–H groups in total. The SMILES string of the molecule is Cc1ccccc1C(=O)Oc1ccc2ccccc2c1/C=N/NC(=O)c1ccc(Br)cc1. The summed E-state index contributed by atoms with van der Waals surface area (Å²) < 4.78 is 6.61. The van der Waals surface area contributed by atoms with Crippen LogP contribution in [0.5, 0.6) is 5.75 Å². The van der Waals surface area contributed by atoms with Crippen LogP contribution in [0.4, 0.5) is 0 Å². The molecule has 1 amide bonds. The predicted octanol–water partition coefficient (Wildman–Crippen LogP) is 5.89. The number of esters is 1. The molecule has 0 atom stereocenters. The van der Waals surface area contributed by atoms with Gasteiger partial charge in [-0.25, -0.2) is 10.2 Å². The first-order valence-corrected chi connectivity index (χ1v) is 10.7. The summed E-state index contributed by atoms with van der Waals surface area (Å²) in [6.07, 6.45) is 1.50. The third-order valence-corrected chi connectivity index (χ3v) is 5.49. The molecule has 0 aromatic heterocycles. The lowest BCUT2D eigenvalue weighted by molar-refractivity contribution is 0.0733. The van der Waals surface area contributed by atoms with Gasteiger partial charge in [-0.1, -0.05) is 64.5 Å². The molecule has 0 bridgehead atoms. The number of nitrogens with one attached hydrogen (secondary N) is 1. The minimum absolute atomic E-state index is 0.340. The fourth-order valence-electron chi connectivity index (χ4n) is 3.28. The van der Waals surface area contributed by atoms with Gasteiger partial charge in [0.1, 0.15) is 5.75 Å². The van der Waals surface area contributed by atoms with E-state index >= 15 is 0 Å². The summed E-state index contributed by atoms with van der Waals surface area (Å²) in [4.78, 5) is 25.1. The number of hydrogen-bond donors (Lipinski definition) is 1. The van der Waals surface area contributed by atoms with Crippen molar-refractivity contribution < 1.29 is 14.3 Å². The number of carbonyl (C=O) groups excluding carboxylic acids is 2. The molecule has 6 heteroatoms. The standard InChI is InChI=1S/C26H19BrN2O3/c1-17-6-2-4-8-21(17)26(31)32-24-15-12-18-7-3-5-9-22(18)23(24)16-28-29-25(30)19-10-13-20(27)14-11-19/h2-16H,1H3,(H,29,30)/b28-16+. The molecule has 0 saturated carbocycles. The number of carbonyl (C=O) groups is 2. The number of rotatable bonds is 5. The van der Waals surface area contributed by atoms with Crippen LogP contribution in [-0.2, 0) is 0 Å². The van der Waals surface area contributed by atoms with Gasteiger partial charge in [0, 0.05) is 15.6 Å². The summed E-state index contributed by atoms with van der Waals surface area (Å²) in [5.74, 6) is -0.432.